The van der Waals surface area contributed by atoms with Crippen molar-refractivity contribution in [2.75, 3.05) is 18.5 Å². The fraction of sp³-hybridized carbons (Fsp3) is 0.667. The molecule has 18 heavy (non-hydrogen) atoms. The molecule has 0 aliphatic rings. The van der Waals surface area contributed by atoms with Gasteiger partial charge in [-0.05, 0) is 13.8 Å². The Morgan fingerprint density at radius 1 is 1.28 bits per heavy atom. The van der Waals surface area contributed by atoms with Crippen LogP contribution in [0.5, 0.6) is 5.88 Å². The van der Waals surface area contributed by atoms with E-state index in [1.807, 2.05) is 20.8 Å². The molecule has 0 aliphatic heterocycles. The second-order valence-corrected chi connectivity index (χ2v) is 4.25. The maximum absolute atomic E-state index is 12.2. The van der Waals surface area contributed by atoms with Gasteiger partial charge in [-0.2, -0.15) is 4.98 Å². The van der Waals surface area contributed by atoms with Crippen LogP contribution in [0.15, 0.2) is 0 Å². The van der Waals surface area contributed by atoms with Crippen molar-refractivity contribution in [1.82, 2.24) is 9.97 Å². The lowest BCUT2D eigenvalue weighted by molar-refractivity contribution is 0.0790. The van der Waals surface area contributed by atoms with Crippen LogP contribution < -0.4 is 10.1 Å². The van der Waals surface area contributed by atoms with E-state index in [0.717, 1.165) is 0 Å². The molecule has 0 aliphatic carbocycles. The average Bonchev–Trinajstić information content (AvgIpc) is 2.29. The second-order valence-electron chi connectivity index (χ2n) is 4.25. The molecule has 4 nitrogen and oxygen atoms in total. The summed E-state index contributed by atoms with van der Waals surface area (Å²) in [5, 5.41) is 3.08. The van der Waals surface area contributed by atoms with Gasteiger partial charge in [-0.25, -0.2) is 13.8 Å². The normalized spacial score (nSPS) is 11.1. The Morgan fingerprint density at radius 2 is 1.94 bits per heavy atom. The summed E-state index contributed by atoms with van der Waals surface area (Å²) in [5.74, 6) is 1.56. The first-order chi connectivity index (χ1) is 8.45. The highest BCUT2D eigenvalue weighted by atomic mass is 19.3. The Bertz CT molecular complexity index is 397. The summed E-state index contributed by atoms with van der Waals surface area (Å²) < 4.78 is 29.4. The molecule has 0 radical (unpaired) electrons. The van der Waals surface area contributed by atoms with Crippen LogP contribution in [0.2, 0.25) is 0 Å². The number of hydrogen-bond acceptors (Lipinski definition) is 4. The van der Waals surface area contributed by atoms with Crippen LogP contribution in [-0.4, -0.2) is 29.5 Å². The third-order valence-electron chi connectivity index (χ3n) is 2.33. The minimum absolute atomic E-state index is 0.108. The Labute approximate surface area is 106 Å². The lowest BCUT2D eigenvalue weighted by Crippen LogP contribution is -2.13. The van der Waals surface area contributed by atoms with Gasteiger partial charge in [0, 0.05) is 12.5 Å². The van der Waals surface area contributed by atoms with Crippen molar-refractivity contribution in [3.05, 3.63) is 11.4 Å². The number of alkyl halides is 2. The average molecular weight is 259 g/mol. The fourth-order valence-electron chi connectivity index (χ4n) is 1.39. The van der Waals surface area contributed by atoms with E-state index >= 15 is 0 Å². The molecule has 0 saturated heterocycles. The summed E-state index contributed by atoms with van der Waals surface area (Å²) in [7, 11) is 0. The predicted octanol–water partition coefficient (Wildman–Crippen LogP) is 2.98. The highest BCUT2D eigenvalue weighted by Gasteiger charge is 2.15. The number of ether oxygens (including phenoxy) is 1. The molecular weight excluding hydrogens is 240 g/mol. The molecule has 6 heteroatoms. The number of rotatable bonds is 6. The standard InChI is InChI=1S/C12H19F2N3O/c1-5-15-11-8(4)12(18-6-9(13)14)17-10(16-11)7(2)3/h7,9H,5-6H2,1-4H3,(H,15,16,17). The van der Waals surface area contributed by atoms with E-state index in [-0.39, 0.29) is 11.8 Å². The van der Waals surface area contributed by atoms with Gasteiger partial charge >= 0.3 is 0 Å². The van der Waals surface area contributed by atoms with Crippen LogP contribution >= 0.6 is 0 Å². The Kier molecular flexibility index (Phi) is 5.25. The SMILES string of the molecule is CCNc1nc(C(C)C)nc(OCC(F)F)c1C. The zero-order valence-electron chi connectivity index (χ0n) is 11.1. The maximum Gasteiger partial charge on any atom is 0.272 e. The fourth-order valence-corrected chi connectivity index (χ4v) is 1.39. The number of aromatic nitrogens is 2. The van der Waals surface area contributed by atoms with Gasteiger partial charge in [-0.1, -0.05) is 13.8 Å². The molecule has 1 N–H and O–H groups in total. The van der Waals surface area contributed by atoms with Crippen molar-refractivity contribution in [2.24, 2.45) is 0 Å². The third kappa shape index (κ3) is 3.78. The molecule has 1 aromatic heterocycles. The molecule has 1 rings (SSSR count). The van der Waals surface area contributed by atoms with Crippen molar-refractivity contribution >= 4 is 5.82 Å². The highest BCUT2D eigenvalue weighted by Crippen LogP contribution is 2.25. The summed E-state index contributed by atoms with van der Waals surface area (Å²) in [6, 6.07) is 0. The summed E-state index contributed by atoms with van der Waals surface area (Å²) in [6.45, 7) is 7.62. The van der Waals surface area contributed by atoms with Crippen molar-refractivity contribution in [2.45, 2.75) is 40.0 Å². The molecule has 0 bridgehead atoms. The zero-order chi connectivity index (χ0) is 13.7. The molecule has 0 amide bonds. The summed E-state index contributed by atoms with van der Waals surface area (Å²) in [6.07, 6.45) is -2.51. The van der Waals surface area contributed by atoms with Gasteiger partial charge in [0.05, 0.1) is 5.56 Å². The Hall–Kier alpha value is -1.46. The van der Waals surface area contributed by atoms with Gasteiger partial charge < -0.3 is 10.1 Å². The van der Waals surface area contributed by atoms with E-state index in [2.05, 4.69) is 15.3 Å². The minimum Gasteiger partial charge on any atom is -0.471 e. The van der Waals surface area contributed by atoms with Crippen molar-refractivity contribution in [3.63, 3.8) is 0 Å². The Morgan fingerprint density at radius 3 is 2.44 bits per heavy atom. The first-order valence-corrected chi connectivity index (χ1v) is 5.99. The van der Waals surface area contributed by atoms with E-state index < -0.39 is 13.0 Å². The summed E-state index contributed by atoms with van der Waals surface area (Å²) in [4.78, 5) is 8.54. The molecule has 102 valence electrons. The largest absolute Gasteiger partial charge is 0.471 e. The smallest absolute Gasteiger partial charge is 0.272 e. The lowest BCUT2D eigenvalue weighted by atomic mass is 10.2. The lowest BCUT2D eigenvalue weighted by Gasteiger charge is -2.15. The molecule has 0 saturated carbocycles. The monoisotopic (exact) mass is 259 g/mol. The van der Waals surface area contributed by atoms with Gasteiger partial charge in [-0.3, -0.25) is 0 Å². The van der Waals surface area contributed by atoms with Crippen LogP contribution in [0.1, 0.15) is 38.1 Å². The van der Waals surface area contributed by atoms with E-state index in [1.165, 1.54) is 0 Å². The third-order valence-corrected chi connectivity index (χ3v) is 2.33. The molecule has 0 spiro atoms. The summed E-state index contributed by atoms with van der Waals surface area (Å²) >= 11 is 0. The van der Waals surface area contributed by atoms with E-state index in [4.69, 9.17) is 4.74 Å². The van der Waals surface area contributed by atoms with Crippen LogP contribution in [0.25, 0.3) is 0 Å². The van der Waals surface area contributed by atoms with Gasteiger partial charge in [0.15, 0.2) is 6.61 Å². The molecule has 1 heterocycles. The van der Waals surface area contributed by atoms with Crippen LogP contribution in [0.4, 0.5) is 14.6 Å². The molecule has 0 unspecified atom stereocenters. The predicted molar refractivity (Wildman–Crippen MR) is 66.5 cm³/mol. The number of anilines is 1. The van der Waals surface area contributed by atoms with Gasteiger partial charge in [0.25, 0.3) is 6.43 Å². The van der Waals surface area contributed by atoms with Crippen molar-refractivity contribution in [1.29, 1.82) is 0 Å². The number of nitrogens with zero attached hydrogens (tertiary/aromatic N) is 2. The maximum atomic E-state index is 12.2. The number of nitrogens with one attached hydrogen (secondary N) is 1. The first kappa shape index (κ1) is 14.6. The van der Waals surface area contributed by atoms with Crippen molar-refractivity contribution in [3.8, 4) is 5.88 Å². The van der Waals surface area contributed by atoms with Gasteiger partial charge in [-0.15, -0.1) is 0 Å². The second kappa shape index (κ2) is 6.47. The zero-order valence-corrected chi connectivity index (χ0v) is 11.1. The summed E-state index contributed by atoms with van der Waals surface area (Å²) in [5.41, 5.74) is 0.655. The van der Waals surface area contributed by atoms with Crippen LogP contribution in [-0.2, 0) is 0 Å². The van der Waals surface area contributed by atoms with E-state index in [0.29, 0.717) is 23.8 Å². The topological polar surface area (TPSA) is 47.0 Å². The van der Waals surface area contributed by atoms with Crippen LogP contribution in [0, 0.1) is 6.92 Å². The van der Waals surface area contributed by atoms with E-state index in [9.17, 15) is 8.78 Å². The van der Waals surface area contributed by atoms with Gasteiger partial charge in [0.2, 0.25) is 5.88 Å². The molecule has 0 atom stereocenters. The molecule has 1 aromatic rings. The number of halogens is 2. The first-order valence-electron chi connectivity index (χ1n) is 5.99. The van der Waals surface area contributed by atoms with Crippen molar-refractivity contribution < 1.29 is 13.5 Å². The minimum atomic E-state index is -2.51. The van der Waals surface area contributed by atoms with E-state index in [1.54, 1.807) is 6.92 Å². The molecule has 0 aromatic carbocycles. The van der Waals surface area contributed by atoms with Gasteiger partial charge in [0.1, 0.15) is 11.6 Å². The number of hydrogen-bond donors (Lipinski definition) is 1. The molecular formula is C12H19F2N3O. The Balaban J connectivity index is 3.05. The molecule has 0 fully saturated rings. The highest BCUT2D eigenvalue weighted by molar-refractivity contribution is 5.48. The quantitative estimate of drug-likeness (QED) is 0.853. The van der Waals surface area contributed by atoms with Crippen LogP contribution in [0.3, 0.4) is 0 Å².